The lowest BCUT2D eigenvalue weighted by atomic mass is 10.1. The highest BCUT2D eigenvalue weighted by molar-refractivity contribution is 6.07. The predicted molar refractivity (Wildman–Crippen MR) is 111 cm³/mol. The van der Waals surface area contributed by atoms with Gasteiger partial charge in [0.05, 0.1) is 16.9 Å². The van der Waals surface area contributed by atoms with Crippen LogP contribution in [0.1, 0.15) is 21.6 Å². The summed E-state index contributed by atoms with van der Waals surface area (Å²) in [6.45, 7) is 0. The van der Waals surface area contributed by atoms with Gasteiger partial charge in [-0.1, -0.05) is 60.7 Å². The lowest BCUT2D eigenvalue weighted by Crippen LogP contribution is -2.26. The van der Waals surface area contributed by atoms with Crippen molar-refractivity contribution in [2.45, 2.75) is 0 Å². The van der Waals surface area contributed by atoms with Crippen molar-refractivity contribution >= 4 is 34.6 Å². The van der Waals surface area contributed by atoms with Gasteiger partial charge in [-0.25, -0.2) is 0 Å². The fourth-order valence-electron chi connectivity index (χ4n) is 3.10. The predicted octanol–water partition coefficient (Wildman–Crippen LogP) is 5.01. The van der Waals surface area contributed by atoms with E-state index in [4.69, 9.17) is 0 Å². The zero-order chi connectivity index (χ0) is 18.6. The monoisotopic (exact) mass is 353 g/mol. The summed E-state index contributed by atoms with van der Waals surface area (Å²) >= 11 is 0. The Morgan fingerprint density at radius 1 is 0.889 bits per heavy atom. The van der Waals surface area contributed by atoms with E-state index >= 15 is 0 Å². The molecule has 1 amide bonds. The highest BCUT2D eigenvalue weighted by atomic mass is 16.2. The van der Waals surface area contributed by atoms with Crippen molar-refractivity contribution in [1.29, 1.82) is 0 Å². The Bertz CT molecular complexity index is 1110. The number of para-hydroxylation sites is 2. The molecule has 0 aliphatic carbocycles. The maximum Gasteiger partial charge on any atom is 0.258 e. The van der Waals surface area contributed by atoms with Crippen LogP contribution in [-0.4, -0.2) is 23.2 Å². The molecule has 0 saturated heterocycles. The number of hydrogen-bond acceptors (Lipinski definition) is 2. The number of carbonyl (C=O) groups excluding carboxylic acids is 1. The van der Waals surface area contributed by atoms with Crippen molar-refractivity contribution in [3.8, 4) is 0 Å². The molecule has 0 bridgehead atoms. The maximum atomic E-state index is 12.8. The summed E-state index contributed by atoms with van der Waals surface area (Å²) < 4.78 is 0. The Morgan fingerprint density at radius 2 is 1.59 bits per heavy atom. The minimum absolute atomic E-state index is 0.0401. The number of fused-ring (bicyclic) bond motifs is 1. The van der Waals surface area contributed by atoms with Crippen LogP contribution < -0.4 is 4.90 Å². The van der Waals surface area contributed by atoms with Crippen LogP contribution in [0.5, 0.6) is 0 Å². The molecule has 4 rings (SSSR count). The lowest BCUT2D eigenvalue weighted by molar-refractivity contribution is 0.0993. The van der Waals surface area contributed by atoms with Crippen LogP contribution >= 0.6 is 0 Å². The summed E-state index contributed by atoms with van der Waals surface area (Å²) in [6.07, 6.45) is 3.96. The largest absolute Gasteiger partial charge is 0.311 e. The van der Waals surface area contributed by atoms with Crippen molar-refractivity contribution < 1.29 is 4.79 Å². The molecule has 0 radical (unpaired) electrons. The van der Waals surface area contributed by atoms with Gasteiger partial charge in [-0.15, -0.1) is 0 Å². The molecule has 4 nitrogen and oxygen atoms in total. The number of benzene rings is 3. The molecule has 27 heavy (non-hydrogen) atoms. The van der Waals surface area contributed by atoms with E-state index in [1.165, 1.54) is 0 Å². The number of H-pyrrole nitrogens is 1. The molecule has 3 aromatic carbocycles. The van der Waals surface area contributed by atoms with Crippen molar-refractivity contribution in [3.63, 3.8) is 0 Å². The van der Waals surface area contributed by atoms with Gasteiger partial charge in [0.2, 0.25) is 0 Å². The van der Waals surface area contributed by atoms with Crippen LogP contribution in [0.15, 0.2) is 78.9 Å². The van der Waals surface area contributed by atoms with E-state index in [-0.39, 0.29) is 5.91 Å². The molecule has 132 valence electrons. The summed E-state index contributed by atoms with van der Waals surface area (Å²) in [6, 6.07) is 25.2. The number of carbonyl (C=O) groups is 1. The first-order valence-electron chi connectivity index (χ1n) is 8.77. The second-order valence-electron chi connectivity index (χ2n) is 6.28. The number of aromatic nitrogens is 2. The van der Waals surface area contributed by atoms with Gasteiger partial charge in [0.25, 0.3) is 5.91 Å². The number of hydrogen-bond donors (Lipinski definition) is 1. The molecule has 1 aromatic heterocycles. The Balaban J connectivity index is 1.66. The van der Waals surface area contributed by atoms with Crippen LogP contribution in [-0.2, 0) is 0 Å². The summed E-state index contributed by atoms with van der Waals surface area (Å²) in [4.78, 5) is 14.5. The summed E-state index contributed by atoms with van der Waals surface area (Å²) in [5.41, 5.74) is 4.34. The molecule has 0 aliphatic heterocycles. The number of rotatable bonds is 4. The normalized spacial score (nSPS) is 11.1. The molecule has 4 heteroatoms. The Kier molecular flexibility index (Phi) is 4.54. The summed E-state index contributed by atoms with van der Waals surface area (Å²) in [7, 11) is 1.80. The van der Waals surface area contributed by atoms with E-state index in [1.54, 1.807) is 11.9 Å². The van der Waals surface area contributed by atoms with Gasteiger partial charge < -0.3 is 4.90 Å². The van der Waals surface area contributed by atoms with E-state index in [0.717, 1.165) is 27.8 Å². The number of aromatic amines is 1. The molecule has 0 aliphatic rings. The summed E-state index contributed by atoms with van der Waals surface area (Å²) in [5, 5.41) is 8.48. The molecule has 0 spiro atoms. The first-order valence-corrected chi connectivity index (χ1v) is 8.77. The van der Waals surface area contributed by atoms with Gasteiger partial charge in [0, 0.05) is 18.0 Å². The lowest BCUT2D eigenvalue weighted by Gasteiger charge is -2.19. The van der Waals surface area contributed by atoms with Crippen molar-refractivity contribution in [1.82, 2.24) is 10.2 Å². The number of anilines is 1. The van der Waals surface area contributed by atoms with E-state index in [0.29, 0.717) is 5.56 Å². The first-order chi connectivity index (χ1) is 13.2. The molecule has 0 saturated carbocycles. The standard InChI is InChI=1S/C23H19N3O/c1-26(23(27)18-10-3-2-4-11-18)22-14-8-5-9-17(22)15-16-21-19-12-6-7-13-20(19)24-25-21/h2-16H,1H3,(H,24,25)/b16-15+. The molecule has 4 aromatic rings. The fraction of sp³-hybridized carbons (Fsp3) is 0.0435. The quantitative estimate of drug-likeness (QED) is 0.561. The Morgan fingerprint density at radius 3 is 2.44 bits per heavy atom. The zero-order valence-corrected chi connectivity index (χ0v) is 15.0. The second-order valence-corrected chi connectivity index (χ2v) is 6.28. The topological polar surface area (TPSA) is 49.0 Å². The third-order valence-electron chi connectivity index (χ3n) is 4.54. The third-order valence-corrected chi connectivity index (χ3v) is 4.54. The maximum absolute atomic E-state index is 12.8. The molecule has 0 fully saturated rings. The van der Waals surface area contributed by atoms with Crippen molar-refractivity contribution in [2.75, 3.05) is 11.9 Å². The fourth-order valence-corrected chi connectivity index (χ4v) is 3.10. The molecular formula is C23H19N3O. The van der Waals surface area contributed by atoms with Crippen molar-refractivity contribution in [3.05, 3.63) is 95.7 Å². The van der Waals surface area contributed by atoms with Crippen LogP contribution in [0.2, 0.25) is 0 Å². The highest BCUT2D eigenvalue weighted by Crippen LogP contribution is 2.24. The SMILES string of the molecule is CN(C(=O)c1ccccc1)c1ccccc1/C=C/c1n[nH]c2ccccc12. The third kappa shape index (κ3) is 3.37. The van der Waals surface area contributed by atoms with Gasteiger partial charge in [-0.3, -0.25) is 9.89 Å². The zero-order valence-electron chi connectivity index (χ0n) is 15.0. The minimum Gasteiger partial charge on any atom is -0.311 e. The second kappa shape index (κ2) is 7.30. The van der Waals surface area contributed by atoms with Crippen LogP contribution in [0.4, 0.5) is 5.69 Å². The molecule has 1 N–H and O–H groups in total. The number of nitrogens with zero attached hydrogens (tertiary/aromatic N) is 2. The van der Waals surface area contributed by atoms with E-state index in [1.807, 2.05) is 91.0 Å². The van der Waals surface area contributed by atoms with Crippen LogP contribution in [0.25, 0.3) is 23.1 Å². The van der Waals surface area contributed by atoms with Gasteiger partial charge >= 0.3 is 0 Å². The number of amides is 1. The van der Waals surface area contributed by atoms with Gasteiger partial charge in [0.1, 0.15) is 0 Å². The highest BCUT2D eigenvalue weighted by Gasteiger charge is 2.15. The average Bonchev–Trinajstić information content (AvgIpc) is 3.15. The van der Waals surface area contributed by atoms with E-state index in [2.05, 4.69) is 10.2 Å². The molecule has 1 heterocycles. The van der Waals surface area contributed by atoms with Crippen LogP contribution in [0.3, 0.4) is 0 Å². The molecule has 0 atom stereocenters. The van der Waals surface area contributed by atoms with Gasteiger partial charge in [0.15, 0.2) is 0 Å². The van der Waals surface area contributed by atoms with Gasteiger partial charge in [-0.05, 0) is 35.9 Å². The number of nitrogens with one attached hydrogen (secondary N) is 1. The first kappa shape index (κ1) is 16.8. The van der Waals surface area contributed by atoms with E-state index < -0.39 is 0 Å². The Labute approximate surface area is 157 Å². The molecule has 0 unspecified atom stereocenters. The molecular weight excluding hydrogens is 334 g/mol. The van der Waals surface area contributed by atoms with Gasteiger partial charge in [-0.2, -0.15) is 5.10 Å². The summed E-state index contributed by atoms with van der Waals surface area (Å²) in [5.74, 6) is -0.0401. The minimum atomic E-state index is -0.0401. The van der Waals surface area contributed by atoms with E-state index in [9.17, 15) is 4.79 Å². The average molecular weight is 353 g/mol. The smallest absolute Gasteiger partial charge is 0.258 e. The van der Waals surface area contributed by atoms with Crippen molar-refractivity contribution in [2.24, 2.45) is 0 Å². The Hall–Kier alpha value is -3.66. The van der Waals surface area contributed by atoms with Crippen LogP contribution in [0, 0.1) is 0 Å².